The third kappa shape index (κ3) is 1.43. The van der Waals surface area contributed by atoms with Crippen molar-refractivity contribution in [2.75, 3.05) is 0 Å². The number of aryl methyl sites for hydroxylation is 2. The number of aromatic amines is 1. The molecule has 1 N–H and O–H groups in total. The zero-order chi connectivity index (χ0) is 10.2. The van der Waals surface area contributed by atoms with Gasteiger partial charge in [-0.25, -0.2) is 0 Å². The van der Waals surface area contributed by atoms with Crippen LogP contribution in [0.5, 0.6) is 0 Å². The summed E-state index contributed by atoms with van der Waals surface area (Å²) >= 11 is 0. The maximum absolute atomic E-state index is 9.04. The van der Waals surface area contributed by atoms with Gasteiger partial charge in [0, 0.05) is 11.4 Å². The molecule has 0 bridgehead atoms. The highest BCUT2D eigenvalue weighted by atomic mass is 14.8. The lowest BCUT2D eigenvalue weighted by Crippen LogP contribution is -2.14. The van der Waals surface area contributed by atoms with E-state index in [1.54, 1.807) is 0 Å². The van der Waals surface area contributed by atoms with Gasteiger partial charge in [-0.15, -0.1) is 0 Å². The number of hydrogen-bond acceptors (Lipinski definition) is 1. The van der Waals surface area contributed by atoms with Gasteiger partial charge in [-0.3, -0.25) is 0 Å². The van der Waals surface area contributed by atoms with Gasteiger partial charge in [-0.05, 0) is 51.2 Å². The molecular formula is C12H16N2. The smallest absolute Gasteiger partial charge is 0.0915 e. The molecule has 1 heterocycles. The van der Waals surface area contributed by atoms with E-state index in [9.17, 15) is 0 Å². The van der Waals surface area contributed by atoms with Crippen LogP contribution in [0, 0.1) is 11.3 Å². The molecule has 1 aliphatic carbocycles. The van der Waals surface area contributed by atoms with Crippen LogP contribution in [0.1, 0.15) is 43.6 Å². The molecule has 2 rings (SSSR count). The topological polar surface area (TPSA) is 39.6 Å². The Labute approximate surface area is 84.9 Å². The van der Waals surface area contributed by atoms with Crippen LogP contribution < -0.4 is 0 Å². The Bertz CT molecular complexity index is 356. The lowest BCUT2D eigenvalue weighted by atomic mass is 9.91. The fourth-order valence-electron chi connectivity index (χ4n) is 2.00. The first-order chi connectivity index (χ1) is 6.63. The second-order valence-corrected chi connectivity index (χ2v) is 4.63. The average Bonchev–Trinajstić information content (AvgIpc) is 2.61. The zero-order valence-corrected chi connectivity index (χ0v) is 8.85. The number of nitrogens with zero attached hydrogens (tertiary/aromatic N) is 1. The van der Waals surface area contributed by atoms with E-state index in [0.717, 1.165) is 12.1 Å². The molecule has 0 aromatic carbocycles. The van der Waals surface area contributed by atoms with Gasteiger partial charge >= 0.3 is 0 Å². The molecule has 0 aliphatic heterocycles. The van der Waals surface area contributed by atoms with Crippen molar-refractivity contribution in [2.24, 2.45) is 0 Å². The van der Waals surface area contributed by atoms with Crippen molar-refractivity contribution in [2.45, 2.75) is 44.9 Å². The highest BCUT2D eigenvalue weighted by molar-refractivity contribution is 5.34. The molecule has 1 aliphatic rings. The number of H-pyrrole nitrogens is 1. The molecule has 0 saturated heterocycles. The zero-order valence-electron chi connectivity index (χ0n) is 8.85. The predicted molar refractivity (Wildman–Crippen MR) is 56.1 cm³/mol. The summed E-state index contributed by atoms with van der Waals surface area (Å²) in [5.74, 6) is 0. The molecule has 0 amide bonds. The van der Waals surface area contributed by atoms with Crippen LogP contribution in [0.4, 0.5) is 0 Å². The normalized spacial score (nSPS) is 16.1. The first-order valence-corrected chi connectivity index (χ1v) is 5.26. The minimum absolute atomic E-state index is 0.378. The number of nitrogens with one attached hydrogen (secondary N) is 1. The lowest BCUT2D eigenvalue weighted by Gasteiger charge is -2.12. The van der Waals surface area contributed by atoms with Crippen molar-refractivity contribution in [3.63, 3.8) is 0 Å². The van der Waals surface area contributed by atoms with E-state index in [-0.39, 0.29) is 5.41 Å². The van der Waals surface area contributed by atoms with Gasteiger partial charge < -0.3 is 4.98 Å². The minimum Gasteiger partial charge on any atom is -0.361 e. The predicted octanol–water partition coefficient (Wildman–Crippen LogP) is 2.69. The Balaban J connectivity index is 2.38. The Hall–Kier alpha value is -1.23. The van der Waals surface area contributed by atoms with Crippen LogP contribution in [0.25, 0.3) is 0 Å². The van der Waals surface area contributed by atoms with Crippen molar-refractivity contribution in [3.8, 4) is 6.07 Å². The molecule has 0 fully saturated rings. The molecule has 0 spiro atoms. The molecule has 2 heteroatoms. The second-order valence-electron chi connectivity index (χ2n) is 4.63. The Morgan fingerprint density at radius 3 is 2.71 bits per heavy atom. The molecule has 1 aromatic rings. The van der Waals surface area contributed by atoms with Crippen LogP contribution >= 0.6 is 0 Å². The number of nitriles is 1. The quantitative estimate of drug-likeness (QED) is 0.723. The summed E-state index contributed by atoms with van der Waals surface area (Å²) in [6, 6.07) is 4.51. The van der Waals surface area contributed by atoms with E-state index < -0.39 is 0 Å². The summed E-state index contributed by atoms with van der Waals surface area (Å²) in [5.41, 5.74) is 3.48. The molecular weight excluding hydrogens is 172 g/mol. The maximum atomic E-state index is 9.04. The van der Waals surface area contributed by atoms with E-state index in [2.05, 4.69) is 17.1 Å². The van der Waals surface area contributed by atoms with E-state index >= 15 is 0 Å². The Morgan fingerprint density at radius 1 is 1.36 bits per heavy atom. The van der Waals surface area contributed by atoms with Gasteiger partial charge in [0.15, 0.2) is 0 Å². The van der Waals surface area contributed by atoms with Gasteiger partial charge in [-0.1, -0.05) is 0 Å². The molecule has 14 heavy (non-hydrogen) atoms. The molecule has 0 unspecified atom stereocenters. The van der Waals surface area contributed by atoms with Gasteiger partial charge in [0.25, 0.3) is 0 Å². The molecule has 0 radical (unpaired) electrons. The van der Waals surface area contributed by atoms with Gasteiger partial charge in [0.2, 0.25) is 0 Å². The number of rotatable bonds is 1. The highest BCUT2D eigenvalue weighted by Crippen LogP contribution is 2.28. The van der Waals surface area contributed by atoms with Gasteiger partial charge in [-0.2, -0.15) is 5.26 Å². The molecule has 0 saturated carbocycles. The number of fused-ring (bicyclic) bond motifs is 1. The largest absolute Gasteiger partial charge is 0.361 e. The molecule has 1 aromatic heterocycles. The second kappa shape index (κ2) is 3.16. The SMILES string of the molecule is CC(C)(C#N)c1cc2c([nH]1)CCCC2. The van der Waals surface area contributed by atoms with E-state index in [1.165, 1.54) is 30.5 Å². The van der Waals surface area contributed by atoms with Crippen LogP contribution in [-0.4, -0.2) is 4.98 Å². The monoisotopic (exact) mass is 188 g/mol. The molecule has 0 atom stereocenters. The van der Waals surface area contributed by atoms with Gasteiger partial charge in [0.05, 0.1) is 11.5 Å². The molecule has 2 nitrogen and oxygen atoms in total. The summed E-state index contributed by atoms with van der Waals surface area (Å²) < 4.78 is 0. The molecule has 74 valence electrons. The first-order valence-electron chi connectivity index (χ1n) is 5.26. The minimum atomic E-state index is -0.378. The van der Waals surface area contributed by atoms with Crippen LogP contribution in [-0.2, 0) is 18.3 Å². The average molecular weight is 188 g/mol. The van der Waals surface area contributed by atoms with Gasteiger partial charge in [0.1, 0.15) is 0 Å². The van der Waals surface area contributed by atoms with Crippen molar-refractivity contribution in [1.29, 1.82) is 5.26 Å². The Kier molecular flexibility index (Phi) is 2.11. The van der Waals surface area contributed by atoms with Crippen molar-refractivity contribution in [3.05, 3.63) is 23.0 Å². The Morgan fingerprint density at radius 2 is 2.07 bits per heavy atom. The lowest BCUT2D eigenvalue weighted by molar-refractivity contribution is 0.652. The number of hydrogen-bond donors (Lipinski definition) is 1. The van der Waals surface area contributed by atoms with E-state index in [0.29, 0.717) is 0 Å². The van der Waals surface area contributed by atoms with Crippen molar-refractivity contribution in [1.82, 2.24) is 4.98 Å². The van der Waals surface area contributed by atoms with Crippen LogP contribution in [0.3, 0.4) is 0 Å². The van der Waals surface area contributed by atoms with E-state index in [4.69, 9.17) is 5.26 Å². The summed E-state index contributed by atoms with van der Waals surface area (Å²) in [4.78, 5) is 3.40. The third-order valence-electron chi connectivity index (χ3n) is 3.07. The van der Waals surface area contributed by atoms with Crippen LogP contribution in [0.15, 0.2) is 6.07 Å². The van der Waals surface area contributed by atoms with Crippen LogP contribution in [0.2, 0.25) is 0 Å². The summed E-state index contributed by atoms with van der Waals surface area (Å²) in [5, 5.41) is 9.04. The first kappa shape index (κ1) is 9.33. The summed E-state index contributed by atoms with van der Waals surface area (Å²) in [6.07, 6.45) is 4.89. The fraction of sp³-hybridized carbons (Fsp3) is 0.583. The van der Waals surface area contributed by atoms with Crippen molar-refractivity contribution >= 4 is 0 Å². The summed E-state index contributed by atoms with van der Waals surface area (Å²) in [6.45, 7) is 3.93. The third-order valence-corrected chi connectivity index (χ3v) is 3.07. The highest BCUT2D eigenvalue weighted by Gasteiger charge is 2.24. The fourth-order valence-corrected chi connectivity index (χ4v) is 2.00. The summed E-state index contributed by atoms with van der Waals surface area (Å²) in [7, 11) is 0. The number of aromatic nitrogens is 1. The van der Waals surface area contributed by atoms with E-state index in [1.807, 2.05) is 13.8 Å². The standard InChI is InChI=1S/C12H16N2/c1-12(2,8-13)11-7-9-5-3-4-6-10(9)14-11/h7,14H,3-6H2,1-2H3. The van der Waals surface area contributed by atoms with Crippen molar-refractivity contribution < 1.29 is 0 Å². The maximum Gasteiger partial charge on any atom is 0.0915 e.